The van der Waals surface area contributed by atoms with Crippen molar-refractivity contribution in [2.45, 2.75) is 31.0 Å². The average molecular weight is 403 g/mol. The van der Waals surface area contributed by atoms with E-state index in [4.69, 9.17) is 4.74 Å². The smallest absolute Gasteiger partial charge is 0.231 e. The lowest BCUT2D eigenvalue weighted by Crippen LogP contribution is -2.42. The second-order valence-corrected chi connectivity index (χ2v) is 8.81. The maximum Gasteiger partial charge on any atom is 0.231 e. The number of pyridine rings is 1. The number of nitrogens with one attached hydrogen (secondary N) is 1. The summed E-state index contributed by atoms with van der Waals surface area (Å²) in [6.45, 7) is 2.42. The third kappa shape index (κ3) is 2.80. The second-order valence-electron chi connectivity index (χ2n) is 8.81. The first kappa shape index (κ1) is 17.9. The quantitative estimate of drug-likeness (QED) is 0.706. The van der Waals surface area contributed by atoms with Crippen LogP contribution >= 0.6 is 0 Å². The minimum Gasteiger partial charge on any atom is -0.369 e. The third-order valence-electron chi connectivity index (χ3n) is 7.10. The fraction of sp³-hybridized carbons (Fsp3) is 0.435. The van der Waals surface area contributed by atoms with Crippen molar-refractivity contribution in [1.29, 1.82) is 0 Å². The Morgan fingerprint density at radius 2 is 2.03 bits per heavy atom. The van der Waals surface area contributed by atoms with Crippen LogP contribution in [-0.4, -0.2) is 51.8 Å². The fourth-order valence-corrected chi connectivity index (χ4v) is 5.74. The van der Waals surface area contributed by atoms with Crippen LogP contribution in [0.1, 0.15) is 18.4 Å². The Morgan fingerprint density at radius 1 is 1.17 bits per heavy atom. The van der Waals surface area contributed by atoms with Gasteiger partial charge < -0.3 is 15.0 Å². The van der Waals surface area contributed by atoms with Gasteiger partial charge in [0, 0.05) is 31.1 Å². The van der Waals surface area contributed by atoms with E-state index >= 15 is 0 Å². The predicted molar refractivity (Wildman–Crippen MR) is 112 cm³/mol. The Balaban J connectivity index is 1.16. The molecule has 3 saturated heterocycles. The number of carbonyl (C=O) groups excluding carboxylic acids is 1. The van der Waals surface area contributed by atoms with Crippen molar-refractivity contribution in [3.63, 3.8) is 0 Å². The van der Waals surface area contributed by atoms with Gasteiger partial charge in [-0.1, -0.05) is 36.4 Å². The Kier molecular flexibility index (Phi) is 4.06. The van der Waals surface area contributed by atoms with Crippen molar-refractivity contribution >= 4 is 17.5 Å². The first-order valence-electron chi connectivity index (χ1n) is 10.7. The Morgan fingerprint density at radius 3 is 2.93 bits per heavy atom. The lowest BCUT2D eigenvalue weighted by Gasteiger charge is -2.29. The van der Waals surface area contributed by atoms with Gasteiger partial charge in [-0.05, 0) is 30.5 Å². The summed E-state index contributed by atoms with van der Waals surface area (Å²) in [5.41, 5.74) is 1.79. The fourth-order valence-electron chi connectivity index (χ4n) is 5.74. The first-order chi connectivity index (χ1) is 14.7. The van der Waals surface area contributed by atoms with E-state index in [-0.39, 0.29) is 17.6 Å². The van der Waals surface area contributed by atoms with Gasteiger partial charge in [0.1, 0.15) is 0 Å². The zero-order valence-corrected chi connectivity index (χ0v) is 16.8. The monoisotopic (exact) mass is 403 g/mol. The number of ether oxygens (including phenoxy) is 1. The van der Waals surface area contributed by atoms with Crippen LogP contribution in [0.4, 0.5) is 5.95 Å². The minimum atomic E-state index is -0.111. The first-order valence-corrected chi connectivity index (χ1v) is 10.7. The standard InChI is InChI=1S/C23H25N5O2/c29-21(12-16-6-2-1-3-7-16)24-13-17-18-14-27(15-23(18)10-9-19(17)30-23)22-26-25-20-8-4-5-11-28(20)22/h1-8,11,17-19H,9-10,12-15H2,(H,24,29)/t17-,18+,19+,23+/m0/s1. The van der Waals surface area contributed by atoms with Crippen LogP contribution < -0.4 is 10.2 Å². The van der Waals surface area contributed by atoms with Crippen LogP contribution in [-0.2, 0) is 16.0 Å². The van der Waals surface area contributed by atoms with Crippen LogP contribution in [0.25, 0.3) is 5.65 Å². The second kappa shape index (κ2) is 6.80. The molecule has 4 atom stereocenters. The van der Waals surface area contributed by atoms with Crippen molar-refractivity contribution in [3.05, 3.63) is 60.3 Å². The summed E-state index contributed by atoms with van der Waals surface area (Å²) in [5.74, 6) is 1.72. The zero-order valence-electron chi connectivity index (χ0n) is 16.8. The van der Waals surface area contributed by atoms with Gasteiger partial charge in [-0.3, -0.25) is 9.20 Å². The molecule has 1 N–H and O–H groups in total. The van der Waals surface area contributed by atoms with Crippen LogP contribution in [0.15, 0.2) is 54.7 Å². The molecule has 1 aromatic carbocycles. The molecule has 3 aliphatic rings. The molecule has 7 nitrogen and oxygen atoms in total. The molecule has 2 aromatic heterocycles. The van der Waals surface area contributed by atoms with Crippen LogP contribution in [0, 0.1) is 11.8 Å². The van der Waals surface area contributed by atoms with E-state index in [0.29, 0.717) is 24.8 Å². The highest BCUT2D eigenvalue weighted by Crippen LogP contribution is 2.55. The SMILES string of the molecule is O=C(Cc1ccccc1)NC[C@H]1[C@H]2CN(c3nnc4ccccn34)C[C@]23CC[C@H]1O3. The summed E-state index contributed by atoms with van der Waals surface area (Å²) in [6, 6.07) is 15.8. The van der Waals surface area contributed by atoms with E-state index < -0.39 is 0 Å². The minimum absolute atomic E-state index is 0.0799. The number of benzene rings is 1. The Bertz CT molecular complexity index is 1080. The number of fused-ring (bicyclic) bond motifs is 2. The molecule has 2 bridgehead atoms. The lowest BCUT2D eigenvalue weighted by molar-refractivity contribution is -0.120. The number of hydrogen-bond donors (Lipinski definition) is 1. The molecule has 6 rings (SSSR count). The van der Waals surface area contributed by atoms with E-state index in [1.54, 1.807) is 0 Å². The van der Waals surface area contributed by atoms with Crippen molar-refractivity contribution in [2.24, 2.45) is 11.8 Å². The lowest BCUT2D eigenvalue weighted by atomic mass is 9.73. The van der Waals surface area contributed by atoms with Crippen molar-refractivity contribution in [2.75, 3.05) is 24.5 Å². The number of hydrogen-bond acceptors (Lipinski definition) is 5. The normalized spacial score (nSPS) is 29.5. The molecular weight excluding hydrogens is 378 g/mol. The number of rotatable bonds is 5. The molecule has 1 spiro atoms. The summed E-state index contributed by atoms with van der Waals surface area (Å²) in [6.07, 6.45) is 4.85. The summed E-state index contributed by atoms with van der Waals surface area (Å²) >= 11 is 0. The number of carbonyl (C=O) groups is 1. The topological polar surface area (TPSA) is 71.8 Å². The molecule has 0 unspecified atom stereocenters. The van der Waals surface area contributed by atoms with Gasteiger partial charge in [-0.25, -0.2) is 0 Å². The largest absolute Gasteiger partial charge is 0.369 e. The van der Waals surface area contributed by atoms with Crippen LogP contribution in [0.2, 0.25) is 0 Å². The summed E-state index contributed by atoms with van der Waals surface area (Å²) in [7, 11) is 0. The summed E-state index contributed by atoms with van der Waals surface area (Å²) < 4.78 is 8.58. The molecule has 5 heterocycles. The van der Waals surface area contributed by atoms with E-state index in [1.165, 1.54) is 0 Å². The van der Waals surface area contributed by atoms with Gasteiger partial charge in [0.15, 0.2) is 5.65 Å². The molecular formula is C23H25N5O2. The number of nitrogens with zero attached hydrogens (tertiary/aromatic N) is 4. The van der Waals surface area contributed by atoms with Crippen molar-refractivity contribution in [1.82, 2.24) is 19.9 Å². The van der Waals surface area contributed by atoms with E-state index in [2.05, 4.69) is 20.4 Å². The third-order valence-corrected chi connectivity index (χ3v) is 7.10. The van der Waals surface area contributed by atoms with Gasteiger partial charge in [-0.15, -0.1) is 10.2 Å². The van der Waals surface area contributed by atoms with Gasteiger partial charge >= 0.3 is 0 Å². The number of aromatic nitrogens is 3. The maximum absolute atomic E-state index is 12.5. The van der Waals surface area contributed by atoms with Gasteiger partial charge in [0.05, 0.1) is 24.7 Å². The van der Waals surface area contributed by atoms with Gasteiger partial charge in [0.25, 0.3) is 0 Å². The molecule has 1 amide bonds. The van der Waals surface area contributed by atoms with Crippen LogP contribution in [0.5, 0.6) is 0 Å². The Hall–Kier alpha value is -2.93. The molecule has 0 radical (unpaired) electrons. The average Bonchev–Trinajstić information content (AvgIpc) is 3.51. The molecule has 154 valence electrons. The molecule has 7 heteroatoms. The number of anilines is 1. The zero-order chi connectivity index (χ0) is 20.1. The molecule has 0 aliphatic carbocycles. The molecule has 3 aromatic rings. The van der Waals surface area contributed by atoms with E-state index in [9.17, 15) is 4.79 Å². The molecule has 30 heavy (non-hydrogen) atoms. The van der Waals surface area contributed by atoms with Crippen molar-refractivity contribution < 1.29 is 9.53 Å². The highest BCUT2D eigenvalue weighted by Gasteiger charge is 2.63. The summed E-state index contributed by atoms with van der Waals surface area (Å²) in [4.78, 5) is 14.8. The molecule has 0 saturated carbocycles. The van der Waals surface area contributed by atoms with Crippen molar-refractivity contribution in [3.8, 4) is 0 Å². The van der Waals surface area contributed by atoms with Gasteiger partial charge in [0.2, 0.25) is 11.9 Å². The molecule has 3 aliphatic heterocycles. The highest BCUT2D eigenvalue weighted by molar-refractivity contribution is 5.78. The van der Waals surface area contributed by atoms with E-state index in [1.807, 2.05) is 59.1 Å². The predicted octanol–water partition coefficient (Wildman–Crippen LogP) is 2.07. The highest BCUT2D eigenvalue weighted by atomic mass is 16.5. The number of amides is 1. The Labute approximate surface area is 175 Å². The summed E-state index contributed by atoms with van der Waals surface area (Å²) in [5, 5.41) is 11.9. The van der Waals surface area contributed by atoms with Crippen LogP contribution in [0.3, 0.4) is 0 Å². The van der Waals surface area contributed by atoms with E-state index in [0.717, 1.165) is 43.1 Å². The van der Waals surface area contributed by atoms with Gasteiger partial charge in [-0.2, -0.15) is 0 Å². The maximum atomic E-state index is 12.5. The molecule has 3 fully saturated rings.